The third-order valence-electron chi connectivity index (χ3n) is 12.5. The number of aromatic nitrogens is 2. The minimum absolute atomic E-state index is 0.564. The molecule has 0 amide bonds. The summed E-state index contributed by atoms with van der Waals surface area (Å²) in [5.74, 6) is 0. The van der Waals surface area contributed by atoms with Crippen LogP contribution in [-0.2, 0) is 17.8 Å². The number of alkyl halides is 6. The number of fused-ring (bicyclic) bond motifs is 12. The van der Waals surface area contributed by atoms with Crippen LogP contribution >= 0.6 is 0 Å². The van der Waals surface area contributed by atoms with E-state index in [1.165, 1.54) is 24.3 Å². The molecule has 8 heteroatoms. The van der Waals surface area contributed by atoms with E-state index in [1.807, 2.05) is 24.3 Å². The Morgan fingerprint density at radius 2 is 0.635 bits per heavy atom. The molecule has 2 aliphatic rings. The van der Waals surface area contributed by atoms with Gasteiger partial charge in [-0.2, -0.15) is 26.3 Å². The van der Waals surface area contributed by atoms with Crippen LogP contribution in [0.25, 0.3) is 78.1 Å². The van der Waals surface area contributed by atoms with Gasteiger partial charge in [-0.25, -0.2) is 0 Å². The maximum absolute atomic E-state index is 13.3. The minimum Gasteiger partial charge on any atom is -0.256 e. The van der Waals surface area contributed by atoms with Gasteiger partial charge in [0.1, 0.15) is 0 Å². The number of benzene rings is 7. The van der Waals surface area contributed by atoms with Gasteiger partial charge in [-0.05, 0) is 115 Å². The monoisotopic (exact) mass is 834 g/mol. The molecule has 9 aromatic rings. The lowest BCUT2D eigenvalue weighted by molar-refractivity contribution is -0.138. The number of nitrogens with zero attached hydrogens (tertiary/aromatic N) is 2. The molecule has 0 N–H and O–H groups in total. The molecule has 0 saturated carbocycles. The molecule has 63 heavy (non-hydrogen) atoms. The van der Waals surface area contributed by atoms with E-state index in [0.29, 0.717) is 22.5 Å². The highest BCUT2D eigenvalue weighted by atomic mass is 19.4. The third kappa shape index (κ3) is 6.19. The van der Waals surface area contributed by atoms with Crippen LogP contribution < -0.4 is 0 Å². The van der Waals surface area contributed by atoms with Crippen molar-refractivity contribution in [2.45, 2.75) is 17.8 Å². The van der Waals surface area contributed by atoms with Crippen LogP contribution in [0.15, 0.2) is 194 Å². The molecule has 0 fully saturated rings. The van der Waals surface area contributed by atoms with E-state index in [2.05, 4.69) is 109 Å². The molecule has 0 bridgehead atoms. The molecule has 0 radical (unpaired) electrons. The van der Waals surface area contributed by atoms with Gasteiger partial charge in [0.05, 0.1) is 27.9 Å². The Morgan fingerprint density at radius 3 is 1.00 bits per heavy atom. The van der Waals surface area contributed by atoms with Gasteiger partial charge in [0.15, 0.2) is 0 Å². The molecule has 0 aliphatic heterocycles. The molecule has 2 aromatic heterocycles. The summed E-state index contributed by atoms with van der Waals surface area (Å²) in [6.45, 7) is 0. The Hall–Kier alpha value is -7.58. The van der Waals surface area contributed by atoms with E-state index in [9.17, 15) is 26.3 Å². The van der Waals surface area contributed by atoms with E-state index in [4.69, 9.17) is 9.97 Å². The number of halogens is 6. The van der Waals surface area contributed by atoms with Gasteiger partial charge in [0.25, 0.3) is 0 Å². The molecule has 2 heterocycles. The van der Waals surface area contributed by atoms with Gasteiger partial charge in [-0.15, -0.1) is 0 Å². The summed E-state index contributed by atoms with van der Waals surface area (Å²) < 4.78 is 79.8. The molecule has 0 atom stereocenters. The summed E-state index contributed by atoms with van der Waals surface area (Å²) in [6.07, 6.45) is -5.30. The normalized spacial score (nSPS) is 13.4. The second-order valence-electron chi connectivity index (χ2n) is 15.9. The van der Waals surface area contributed by atoms with Crippen LogP contribution in [0.2, 0.25) is 0 Å². The highest BCUT2D eigenvalue weighted by molar-refractivity contribution is 5.98. The number of rotatable bonds is 4. The fourth-order valence-electron chi connectivity index (χ4n) is 9.58. The predicted molar refractivity (Wildman–Crippen MR) is 236 cm³/mol. The second kappa shape index (κ2) is 14.2. The highest BCUT2D eigenvalue weighted by Crippen LogP contribution is 2.62. The van der Waals surface area contributed by atoms with E-state index >= 15 is 0 Å². The fourth-order valence-corrected chi connectivity index (χ4v) is 9.58. The predicted octanol–water partition coefficient (Wildman–Crippen LogP) is 15.2. The van der Waals surface area contributed by atoms with Crippen LogP contribution in [-0.4, -0.2) is 9.97 Å². The lowest BCUT2D eigenvalue weighted by atomic mass is 9.65. The van der Waals surface area contributed by atoms with E-state index in [0.717, 1.165) is 102 Å². The van der Waals surface area contributed by atoms with Crippen molar-refractivity contribution < 1.29 is 26.3 Å². The standard InChI is InChI=1S/C55H32F6N2/c56-54(57,58)39-21-13-33(14-22-39)51-27-19-37(31-62-51)35-17-25-45-41-7-1-2-8-42(41)46-26-18-36(38-20-28-52(63-32-38)34-15-23-40(24-16-34)55(59,60)61)30-50(46)53(49(45)29-35)47-11-5-3-9-43(47)44-10-4-6-12-48(44)53/h1-32H. The first kappa shape index (κ1) is 38.3. The molecule has 0 unspecified atom stereocenters. The van der Waals surface area contributed by atoms with Crippen molar-refractivity contribution in [2.75, 3.05) is 0 Å². The average Bonchev–Trinajstić information content (AvgIpc) is 3.56. The fraction of sp³-hybridized carbons (Fsp3) is 0.0545. The van der Waals surface area contributed by atoms with Crippen LogP contribution in [0, 0.1) is 0 Å². The third-order valence-corrected chi connectivity index (χ3v) is 12.5. The van der Waals surface area contributed by atoms with Crippen LogP contribution in [0.1, 0.15) is 33.4 Å². The van der Waals surface area contributed by atoms with Gasteiger partial charge >= 0.3 is 12.4 Å². The van der Waals surface area contributed by atoms with Crippen molar-refractivity contribution in [3.63, 3.8) is 0 Å². The van der Waals surface area contributed by atoms with Gasteiger partial charge in [-0.1, -0.05) is 133 Å². The zero-order valence-electron chi connectivity index (χ0n) is 33.1. The average molecular weight is 835 g/mol. The Bertz CT molecular complexity index is 3000. The Morgan fingerprint density at radius 1 is 0.302 bits per heavy atom. The van der Waals surface area contributed by atoms with Crippen molar-refractivity contribution in [2.24, 2.45) is 0 Å². The SMILES string of the molecule is FC(F)(F)c1ccc(-c2ccc(-c3ccc4c(c3)C3(c5cc(-c6ccc(-c7ccc(C(F)(F)F)cc7)nc6)ccc5-c5ccccc5-4)c4ccccc4-c4ccccc43)cn2)cc1. The van der Waals surface area contributed by atoms with Gasteiger partial charge in [0, 0.05) is 34.6 Å². The summed E-state index contributed by atoms with van der Waals surface area (Å²) in [5, 5.41) is 0. The summed E-state index contributed by atoms with van der Waals surface area (Å²) in [6, 6.07) is 56.4. The molecule has 1 spiro atoms. The van der Waals surface area contributed by atoms with Crippen LogP contribution in [0.4, 0.5) is 26.3 Å². The van der Waals surface area contributed by atoms with E-state index in [1.54, 1.807) is 12.4 Å². The topological polar surface area (TPSA) is 25.8 Å². The quantitative estimate of drug-likeness (QED) is 0.165. The smallest absolute Gasteiger partial charge is 0.256 e. The molecule has 2 nitrogen and oxygen atoms in total. The maximum Gasteiger partial charge on any atom is 0.416 e. The lowest BCUT2D eigenvalue weighted by Gasteiger charge is -2.36. The summed E-state index contributed by atoms with van der Waals surface area (Å²) in [5.41, 5.74) is 14.7. The minimum atomic E-state index is -4.43. The van der Waals surface area contributed by atoms with Crippen molar-refractivity contribution in [1.82, 2.24) is 9.97 Å². The number of hydrogen-bond donors (Lipinski definition) is 0. The Labute approximate surface area is 358 Å². The first-order chi connectivity index (χ1) is 30.5. The molecule has 304 valence electrons. The molecular formula is C55H32F6N2. The molecule has 0 saturated heterocycles. The van der Waals surface area contributed by atoms with Crippen LogP contribution in [0.5, 0.6) is 0 Å². The number of hydrogen-bond acceptors (Lipinski definition) is 2. The Kier molecular flexibility index (Phi) is 8.67. The van der Waals surface area contributed by atoms with E-state index < -0.39 is 28.9 Å². The summed E-state index contributed by atoms with van der Waals surface area (Å²) in [7, 11) is 0. The second-order valence-corrected chi connectivity index (χ2v) is 15.9. The largest absolute Gasteiger partial charge is 0.416 e. The first-order valence-corrected chi connectivity index (χ1v) is 20.3. The van der Waals surface area contributed by atoms with Crippen molar-refractivity contribution in [3.8, 4) is 78.1 Å². The van der Waals surface area contributed by atoms with Gasteiger partial charge in [-0.3, -0.25) is 9.97 Å². The van der Waals surface area contributed by atoms with Crippen molar-refractivity contribution in [1.29, 1.82) is 0 Å². The van der Waals surface area contributed by atoms with Gasteiger partial charge in [0.2, 0.25) is 0 Å². The highest BCUT2D eigenvalue weighted by Gasteiger charge is 2.50. The summed E-state index contributed by atoms with van der Waals surface area (Å²) in [4.78, 5) is 9.46. The molecule has 7 aromatic carbocycles. The first-order valence-electron chi connectivity index (χ1n) is 20.3. The molecular weight excluding hydrogens is 803 g/mol. The number of pyridine rings is 2. The van der Waals surface area contributed by atoms with E-state index in [-0.39, 0.29) is 0 Å². The zero-order chi connectivity index (χ0) is 43.1. The lowest BCUT2D eigenvalue weighted by Crippen LogP contribution is -2.29. The van der Waals surface area contributed by atoms with Gasteiger partial charge < -0.3 is 0 Å². The zero-order valence-corrected chi connectivity index (χ0v) is 33.1. The van der Waals surface area contributed by atoms with Crippen LogP contribution in [0.3, 0.4) is 0 Å². The Balaban J connectivity index is 1.10. The summed E-state index contributed by atoms with van der Waals surface area (Å²) >= 11 is 0. The molecule has 11 rings (SSSR count). The molecule has 2 aliphatic carbocycles. The maximum atomic E-state index is 13.3. The van der Waals surface area contributed by atoms with Crippen molar-refractivity contribution in [3.05, 3.63) is 228 Å². The van der Waals surface area contributed by atoms with Crippen molar-refractivity contribution >= 4 is 0 Å².